The molecule has 1 N–H and O–H groups in total. The third kappa shape index (κ3) is 3.26. The van der Waals surface area contributed by atoms with E-state index in [0.29, 0.717) is 0 Å². The fraction of sp³-hybridized carbons (Fsp3) is 0.706. The lowest BCUT2D eigenvalue weighted by atomic mass is 10.1. The van der Waals surface area contributed by atoms with Crippen LogP contribution in [0.1, 0.15) is 23.2 Å². The van der Waals surface area contributed by atoms with Crippen LogP contribution in [0.4, 0.5) is 0 Å². The van der Waals surface area contributed by atoms with E-state index >= 15 is 0 Å². The summed E-state index contributed by atoms with van der Waals surface area (Å²) < 4.78 is 5.52. The first-order valence-corrected chi connectivity index (χ1v) is 8.35. The predicted octanol–water partition coefficient (Wildman–Crippen LogP) is 1.19. The minimum absolute atomic E-state index is 0.717. The molecule has 22 heavy (non-hydrogen) atoms. The normalized spacial score (nSPS) is 23.9. The molecule has 5 heteroatoms. The van der Waals surface area contributed by atoms with Gasteiger partial charge < -0.3 is 10.1 Å². The maximum Gasteiger partial charge on any atom is 0.128 e. The minimum atomic E-state index is 0.717. The number of methoxy groups -OCH3 is 1. The quantitative estimate of drug-likeness (QED) is 0.905. The summed E-state index contributed by atoms with van der Waals surface area (Å²) in [6.07, 6.45) is 3.22. The van der Waals surface area contributed by atoms with Gasteiger partial charge in [-0.1, -0.05) is 0 Å². The average Bonchev–Trinajstić information content (AvgIpc) is 3.00. The van der Waals surface area contributed by atoms with Crippen LogP contribution in [0.5, 0.6) is 5.75 Å². The SMILES string of the molecule is COc1c(C)cnc(CN2CCC(N3CCNCC3)C2)c1C. The minimum Gasteiger partial charge on any atom is -0.496 e. The monoisotopic (exact) mass is 304 g/mol. The Morgan fingerprint density at radius 2 is 2.05 bits per heavy atom. The molecule has 0 saturated carbocycles. The van der Waals surface area contributed by atoms with Crippen molar-refractivity contribution < 1.29 is 4.74 Å². The molecule has 5 nitrogen and oxygen atoms in total. The first-order valence-electron chi connectivity index (χ1n) is 8.35. The molecule has 0 bridgehead atoms. The van der Waals surface area contributed by atoms with Crippen LogP contribution in [0.15, 0.2) is 6.20 Å². The number of piperazine rings is 1. The van der Waals surface area contributed by atoms with Gasteiger partial charge in [0, 0.05) is 69.2 Å². The first-order chi connectivity index (χ1) is 10.7. The van der Waals surface area contributed by atoms with E-state index in [4.69, 9.17) is 4.74 Å². The summed E-state index contributed by atoms with van der Waals surface area (Å²) in [6, 6.07) is 0.717. The molecule has 3 heterocycles. The summed E-state index contributed by atoms with van der Waals surface area (Å²) in [4.78, 5) is 9.83. The number of rotatable bonds is 4. The van der Waals surface area contributed by atoms with Gasteiger partial charge in [-0.3, -0.25) is 14.8 Å². The number of hydrogen-bond acceptors (Lipinski definition) is 5. The fourth-order valence-electron chi connectivity index (χ4n) is 3.74. The molecule has 0 aliphatic carbocycles. The molecule has 122 valence electrons. The lowest BCUT2D eigenvalue weighted by molar-refractivity contribution is 0.170. The molecular weight excluding hydrogens is 276 g/mol. The van der Waals surface area contributed by atoms with Crippen molar-refractivity contribution in [2.75, 3.05) is 46.4 Å². The van der Waals surface area contributed by atoms with Crippen LogP contribution in [0.2, 0.25) is 0 Å². The Morgan fingerprint density at radius 3 is 2.77 bits per heavy atom. The Kier molecular flexibility index (Phi) is 4.96. The third-order valence-electron chi connectivity index (χ3n) is 5.04. The number of ether oxygens (including phenoxy) is 1. The molecule has 2 saturated heterocycles. The van der Waals surface area contributed by atoms with E-state index in [9.17, 15) is 0 Å². The second-order valence-corrected chi connectivity index (χ2v) is 6.51. The number of nitrogens with zero attached hydrogens (tertiary/aromatic N) is 3. The maximum atomic E-state index is 5.52. The zero-order valence-electron chi connectivity index (χ0n) is 14.1. The first kappa shape index (κ1) is 15.7. The van der Waals surface area contributed by atoms with Crippen molar-refractivity contribution in [2.45, 2.75) is 32.9 Å². The highest BCUT2D eigenvalue weighted by Crippen LogP contribution is 2.26. The van der Waals surface area contributed by atoms with Crippen molar-refractivity contribution in [1.82, 2.24) is 20.1 Å². The third-order valence-corrected chi connectivity index (χ3v) is 5.04. The molecule has 0 radical (unpaired) electrons. The zero-order chi connectivity index (χ0) is 15.5. The van der Waals surface area contributed by atoms with Crippen LogP contribution in [0.3, 0.4) is 0 Å². The molecule has 1 aromatic rings. The number of likely N-dealkylation sites (tertiary alicyclic amines) is 1. The summed E-state index contributed by atoms with van der Waals surface area (Å²) >= 11 is 0. The summed E-state index contributed by atoms with van der Waals surface area (Å²) in [5.41, 5.74) is 3.46. The summed E-state index contributed by atoms with van der Waals surface area (Å²) in [5.74, 6) is 0.989. The second-order valence-electron chi connectivity index (χ2n) is 6.51. The molecule has 2 fully saturated rings. The van der Waals surface area contributed by atoms with Gasteiger partial charge in [-0.05, 0) is 20.3 Å². The van der Waals surface area contributed by atoms with Crippen molar-refractivity contribution in [3.05, 3.63) is 23.0 Å². The van der Waals surface area contributed by atoms with E-state index in [1.165, 1.54) is 31.6 Å². The van der Waals surface area contributed by atoms with Gasteiger partial charge in [-0.25, -0.2) is 0 Å². The van der Waals surface area contributed by atoms with Gasteiger partial charge in [0.2, 0.25) is 0 Å². The Labute approximate surface area is 133 Å². The zero-order valence-corrected chi connectivity index (χ0v) is 14.1. The smallest absolute Gasteiger partial charge is 0.128 e. The Hall–Kier alpha value is -1.17. The highest BCUT2D eigenvalue weighted by Gasteiger charge is 2.28. The van der Waals surface area contributed by atoms with Gasteiger partial charge in [0.25, 0.3) is 0 Å². The van der Waals surface area contributed by atoms with Crippen molar-refractivity contribution >= 4 is 0 Å². The molecule has 2 aliphatic heterocycles. The maximum absolute atomic E-state index is 5.52. The lowest BCUT2D eigenvalue weighted by Gasteiger charge is -2.32. The van der Waals surface area contributed by atoms with Gasteiger partial charge in [0.1, 0.15) is 5.75 Å². The van der Waals surface area contributed by atoms with Gasteiger partial charge >= 0.3 is 0 Å². The molecule has 0 spiro atoms. The van der Waals surface area contributed by atoms with E-state index in [0.717, 1.165) is 49.2 Å². The fourth-order valence-corrected chi connectivity index (χ4v) is 3.74. The van der Waals surface area contributed by atoms with Crippen LogP contribution >= 0.6 is 0 Å². The number of aromatic nitrogens is 1. The van der Waals surface area contributed by atoms with Crippen LogP contribution in [-0.2, 0) is 6.54 Å². The second kappa shape index (κ2) is 6.94. The molecular formula is C17H28N4O. The summed E-state index contributed by atoms with van der Waals surface area (Å²) in [5, 5.41) is 3.44. The van der Waals surface area contributed by atoms with Gasteiger partial charge in [-0.15, -0.1) is 0 Å². The highest BCUT2D eigenvalue weighted by molar-refractivity contribution is 5.41. The molecule has 1 aromatic heterocycles. The Morgan fingerprint density at radius 1 is 1.27 bits per heavy atom. The van der Waals surface area contributed by atoms with E-state index in [1.54, 1.807) is 7.11 Å². The van der Waals surface area contributed by atoms with E-state index < -0.39 is 0 Å². The highest BCUT2D eigenvalue weighted by atomic mass is 16.5. The van der Waals surface area contributed by atoms with E-state index in [1.807, 2.05) is 6.20 Å². The molecule has 3 rings (SSSR count). The Bertz CT molecular complexity index is 514. The van der Waals surface area contributed by atoms with Crippen molar-refractivity contribution in [2.24, 2.45) is 0 Å². The van der Waals surface area contributed by atoms with Crippen molar-refractivity contribution in [1.29, 1.82) is 0 Å². The topological polar surface area (TPSA) is 40.6 Å². The van der Waals surface area contributed by atoms with Crippen LogP contribution < -0.4 is 10.1 Å². The molecule has 1 unspecified atom stereocenters. The van der Waals surface area contributed by atoms with Crippen molar-refractivity contribution in [3.8, 4) is 5.75 Å². The standard InChI is InChI=1S/C17H28N4O/c1-13-10-19-16(14(2)17(13)22-3)12-20-7-4-15(11-20)21-8-5-18-6-9-21/h10,15,18H,4-9,11-12H2,1-3H3. The number of nitrogens with one attached hydrogen (secondary N) is 1. The van der Waals surface area contributed by atoms with Crippen LogP contribution in [0.25, 0.3) is 0 Å². The van der Waals surface area contributed by atoms with Gasteiger partial charge in [0.15, 0.2) is 0 Å². The lowest BCUT2D eigenvalue weighted by Crippen LogP contribution is -2.49. The number of hydrogen-bond donors (Lipinski definition) is 1. The average molecular weight is 304 g/mol. The van der Waals surface area contributed by atoms with Crippen LogP contribution in [0, 0.1) is 13.8 Å². The van der Waals surface area contributed by atoms with E-state index in [-0.39, 0.29) is 0 Å². The van der Waals surface area contributed by atoms with Gasteiger partial charge in [0.05, 0.1) is 12.8 Å². The summed E-state index contributed by atoms with van der Waals surface area (Å²) in [7, 11) is 1.75. The van der Waals surface area contributed by atoms with Crippen LogP contribution in [-0.4, -0.2) is 67.2 Å². The largest absolute Gasteiger partial charge is 0.496 e. The number of aryl methyl sites for hydroxylation is 1. The number of pyridine rings is 1. The predicted molar refractivity (Wildman–Crippen MR) is 88.4 cm³/mol. The van der Waals surface area contributed by atoms with Gasteiger partial charge in [-0.2, -0.15) is 0 Å². The van der Waals surface area contributed by atoms with E-state index in [2.05, 4.69) is 33.9 Å². The molecule has 1 atom stereocenters. The molecule has 2 aliphatic rings. The molecule has 0 aromatic carbocycles. The van der Waals surface area contributed by atoms with Crippen molar-refractivity contribution in [3.63, 3.8) is 0 Å². The Balaban J connectivity index is 1.62. The molecule has 0 amide bonds. The summed E-state index contributed by atoms with van der Waals surface area (Å²) in [6.45, 7) is 12.1.